The van der Waals surface area contributed by atoms with Gasteiger partial charge in [-0.05, 0) is 24.6 Å². The summed E-state index contributed by atoms with van der Waals surface area (Å²) in [5, 5.41) is 0. The molecule has 1 aromatic rings. The number of fused-ring (bicyclic) bond motifs is 1. The molecule has 0 aromatic heterocycles. The van der Waals surface area contributed by atoms with E-state index in [0.29, 0.717) is 26.1 Å². The lowest BCUT2D eigenvalue weighted by atomic mass is 10.1. The van der Waals surface area contributed by atoms with Gasteiger partial charge >= 0.3 is 5.97 Å². The number of imide groups is 1. The third-order valence-corrected chi connectivity index (χ3v) is 4.31. The van der Waals surface area contributed by atoms with Crippen molar-refractivity contribution in [3.8, 4) is 0 Å². The van der Waals surface area contributed by atoms with Gasteiger partial charge in [0.1, 0.15) is 0 Å². The predicted octanol–water partition coefficient (Wildman–Crippen LogP) is 1.68. The van der Waals surface area contributed by atoms with Crippen molar-refractivity contribution < 1.29 is 28.7 Å². The first-order valence-electron chi connectivity index (χ1n) is 9.10. The summed E-state index contributed by atoms with van der Waals surface area (Å²) >= 11 is 0. The van der Waals surface area contributed by atoms with Crippen LogP contribution in [0.15, 0.2) is 43.5 Å². The van der Waals surface area contributed by atoms with E-state index in [9.17, 15) is 19.2 Å². The minimum absolute atomic E-state index is 0.0930. The van der Waals surface area contributed by atoms with Crippen LogP contribution in [-0.4, -0.2) is 73.4 Å². The van der Waals surface area contributed by atoms with Gasteiger partial charge in [0.25, 0.3) is 17.7 Å². The Morgan fingerprint density at radius 2 is 1.76 bits per heavy atom. The summed E-state index contributed by atoms with van der Waals surface area (Å²) in [4.78, 5) is 51.9. The molecule has 0 unspecified atom stereocenters. The summed E-state index contributed by atoms with van der Waals surface area (Å²) in [6.45, 7) is 7.97. The van der Waals surface area contributed by atoms with Crippen LogP contribution in [-0.2, 0) is 14.3 Å². The van der Waals surface area contributed by atoms with E-state index in [1.165, 1.54) is 23.1 Å². The first-order chi connectivity index (χ1) is 13.9. The first-order valence-corrected chi connectivity index (χ1v) is 9.10. The van der Waals surface area contributed by atoms with Crippen LogP contribution in [0, 0.1) is 0 Å². The fourth-order valence-corrected chi connectivity index (χ4v) is 2.88. The molecule has 1 aromatic carbocycles. The Hall–Kier alpha value is -3.26. The normalized spacial score (nSPS) is 12.5. The third kappa shape index (κ3) is 5.17. The Kier molecular flexibility index (Phi) is 7.85. The minimum atomic E-state index is -0.753. The Bertz CT molecular complexity index is 822. The number of methoxy groups -OCH3 is 1. The minimum Gasteiger partial charge on any atom is -0.452 e. The predicted molar refractivity (Wildman–Crippen MR) is 106 cm³/mol. The van der Waals surface area contributed by atoms with Crippen LogP contribution in [0.1, 0.15) is 37.5 Å². The zero-order valence-corrected chi connectivity index (χ0v) is 16.4. The Labute approximate surface area is 169 Å². The van der Waals surface area contributed by atoms with E-state index in [1.54, 1.807) is 19.3 Å². The zero-order chi connectivity index (χ0) is 21.4. The van der Waals surface area contributed by atoms with Gasteiger partial charge < -0.3 is 14.4 Å². The Morgan fingerprint density at radius 3 is 2.38 bits per heavy atom. The molecule has 0 spiro atoms. The maximum Gasteiger partial charge on any atom is 0.338 e. The first kappa shape index (κ1) is 22.0. The number of carbonyl (C=O) groups is 4. The molecule has 0 saturated heterocycles. The number of esters is 1. The van der Waals surface area contributed by atoms with Crippen LogP contribution in [0.5, 0.6) is 0 Å². The Morgan fingerprint density at radius 1 is 1.10 bits per heavy atom. The molecule has 8 nitrogen and oxygen atoms in total. The van der Waals surface area contributed by atoms with E-state index in [1.807, 2.05) is 0 Å². The van der Waals surface area contributed by atoms with E-state index < -0.39 is 30.3 Å². The highest BCUT2D eigenvalue weighted by atomic mass is 16.5. The van der Waals surface area contributed by atoms with Gasteiger partial charge in [-0.25, -0.2) is 4.79 Å². The van der Waals surface area contributed by atoms with Crippen molar-refractivity contribution in [2.75, 3.05) is 40.0 Å². The summed E-state index contributed by atoms with van der Waals surface area (Å²) in [5.41, 5.74) is 0.478. The third-order valence-electron chi connectivity index (χ3n) is 4.31. The molecule has 0 atom stereocenters. The van der Waals surface area contributed by atoms with Crippen LogP contribution in [0.4, 0.5) is 0 Å². The van der Waals surface area contributed by atoms with Crippen LogP contribution in [0.2, 0.25) is 0 Å². The summed E-state index contributed by atoms with van der Waals surface area (Å²) in [6, 6.07) is 4.15. The molecule has 0 fully saturated rings. The number of hydrogen-bond donors (Lipinski definition) is 0. The van der Waals surface area contributed by atoms with Gasteiger partial charge in [0.15, 0.2) is 6.61 Å². The van der Waals surface area contributed by atoms with Crippen LogP contribution >= 0.6 is 0 Å². The zero-order valence-electron chi connectivity index (χ0n) is 16.4. The van der Waals surface area contributed by atoms with Gasteiger partial charge in [-0.2, -0.15) is 0 Å². The number of hydrogen-bond acceptors (Lipinski definition) is 6. The molecule has 1 aliphatic heterocycles. The van der Waals surface area contributed by atoms with Crippen molar-refractivity contribution in [3.63, 3.8) is 0 Å². The number of rotatable bonds is 11. The number of carbonyl (C=O) groups excluding carboxylic acids is 4. The van der Waals surface area contributed by atoms with Gasteiger partial charge in [-0.3, -0.25) is 19.3 Å². The fourth-order valence-electron chi connectivity index (χ4n) is 2.88. The molecule has 0 aliphatic carbocycles. The highest BCUT2D eigenvalue weighted by Crippen LogP contribution is 2.24. The maximum atomic E-state index is 12.5. The maximum absolute atomic E-state index is 12.5. The molecule has 29 heavy (non-hydrogen) atoms. The lowest BCUT2D eigenvalue weighted by Gasteiger charge is -2.18. The second kappa shape index (κ2) is 10.3. The smallest absolute Gasteiger partial charge is 0.338 e. The van der Waals surface area contributed by atoms with E-state index in [0.717, 1.165) is 4.90 Å². The Balaban J connectivity index is 2.05. The van der Waals surface area contributed by atoms with Crippen LogP contribution < -0.4 is 0 Å². The molecule has 0 saturated carbocycles. The average Bonchev–Trinajstić information content (AvgIpc) is 2.96. The summed E-state index contributed by atoms with van der Waals surface area (Å²) < 4.78 is 10.0. The highest BCUT2D eigenvalue weighted by molar-refractivity contribution is 6.21. The van der Waals surface area contributed by atoms with Gasteiger partial charge in [-0.1, -0.05) is 12.2 Å². The van der Waals surface area contributed by atoms with Crippen molar-refractivity contribution >= 4 is 23.7 Å². The van der Waals surface area contributed by atoms with Crippen molar-refractivity contribution in [1.29, 1.82) is 0 Å². The molecule has 8 heteroatoms. The SMILES string of the molecule is C=CCN(CC=C)C(=O)COC(=O)c1ccc2c(c1)C(=O)N(CCCOC)C2=O. The van der Waals surface area contributed by atoms with Crippen molar-refractivity contribution in [1.82, 2.24) is 9.80 Å². The lowest BCUT2D eigenvalue weighted by molar-refractivity contribution is -0.133. The quantitative estimate of drug-likeness (QED) is 0.243. The molecule has 2 rings (SSSR count). The molecular weight excluding hydrogens is 376 g/mol. The van der Waals surface area contributed by atoms with E-state index in [2.05, 4.69) is 13.2 Å². The highest BCUT2D eigenvalue weighted by Gasteiger charge is 2.35. The molecule has 1 aliphatic rings. The fraction of sp³-hybridized carbons (Fsp3) is 0.333. The van der Waals surface area contributed by atoms with Crippen molar-refractivity contribution in [2.24, 2.45) is 0 Å². The number of benzene rings is 1. The molecule has 3 amide bonds. The van der Waals surface area contributed by atoms with E-state index in [4.69, 9.17) is 9.47 Å². The van der Waals surface area contributed by atoms with Gasteiger partial charge in [-0.15, -0.1) is 13.2 Å². The van der Waals surface area contributed by atoms with E-state index in [-0.39, 0.29) is 23.2 Å². The second-order valence-corrected chi connectivity index (χ2v) is 6.32. The number of ether oxygens (including phenoxy) is 2. The van der Waals surface area contributed by atoms with Gasteiger partial charge in [0.2, 0.25) is 0 Å². The summed E-state index contributed by atoms with van der Waals surface area (Å²) in [5.74, 6) is -2.01. The molecule has 0 N–H and O–H groups in total. The number of amides is 3. The molecule has 154 valence electrons. The molecule has 1 heterocycles. The van der Waals surface area contributed by atoms with Crippen LogP contribution in [0.3, 0.4) is 0 Å². The molecular formula is C21H24N2O6. The average molecular weight is 400 g/mol. The summed E-state index contributed by atoms with van der Waals surface area (Å²) in [6.07, 6.45) is 3.64. The largest absolute Gasteiger partial charge is 0.452 e. The molecule has 0 radical (unpaired) electrons. The number of nitrogens with zero attached hydrogens (tertiary/aromatic N) is 2. The van der Waals surface area contributed by atoms with Crippen molar-refractivity contribution in [3.05, 3.63) is 60.2 Å². The molecule has 0 bridgehead atoms. The van der Waals surface area contributed by atoms with Crippen LogP contribution in [0.25, 0.3) is 0 Å². The van der Waals surface area contributed by atoms with Crippen molar-refractivity contribution in [2.45, 2.75) is 6.42 Å². The standard InChI is InChI=1S/C21H24N2O6/c1-4-9-22(10-5-2)18(24)14-29-21(27)15-7-8-16-17(13-15)20(26)23(19(16)25)11-6-12-28-3/h4-5,7-8,13H,1-2,6,9-12,14H2,3H3. The topological polar surface area (TPSA) is 93.2 Å². The van der Waals surface area contributed by atoms with E-state index >= 15 is 0 Å². The lowest BCUT2D eigenvalue weighted by Crippen LogP contribution is -2.35. The van der Waals surface area contributed by atoms with Gasteiger partial charge in [0.05, 0.1) is 16.7 Å². The monoisotopic (exact) mass is 400 g/mol. The van der Waals surface area contributed by atoms with Gasteiger partial charge in [0, 0.05) is 33.4 Å². The second-order valence-electron chi connectivity index (χ2n) is 6.32. The summed E-state index contributed by atoms with van der Waals surface area (Å²) in [7, 11) is 1.54.